The van der Waals surface area contributed by atoms with E-state index in [4.69, 9.17) is 4.74 Å². The van der Waals surface area contributed by atoms with Crippen LogP contribution >= 0.6 is 15.9 Å². The smallest absolute Gasteiger partial charge is 0.0949 e. The van der Waals surface area contributed by atoms with E-state index in [-0.39, 0.29) is 6.10 Å². The fraction of sp³-hybridized carbons (Fsp3) is 0.647. The topological polar surface area (TPSA) is 21.3 Å². The first-order chi connectivity index (χ1) is 9.79. The summed E-state index contributed by atoms with van der Waals surface area (Å²) in [5, 5.41) is 3.59. The van der Waals surface area contributed by atoms with Crippen molar-refractivity contribution in [1.82, 2.24) is 5.32 Å². The molecule has 20 heavy (non-hydrogen) atoms. The first-order valence-corrected chi connectivity index (χ1v) is 8.69. The van der Waals surface area contributed by atoms with Crippen LogP contribution in [0.25, 0.3) is 0 Å². The fourth-order valence-electron chi connectivity index (χ4n) is 2.27. The molecule has 1 N–H and O–H groups in total. The molecule has 1 fully saturated rings. The van der Waals surface area contributed by atoms with Gasteiger partial charge in [-0.2, -0.15) is 0 Å². The zero-order chi connectivity index (χ0) is 14.2. The third-order valence-electron chi connectivity index (χ3n) is 3.73. The normalized spacial score (nSPS) is 16.3. The average Bonchev–Trinajstić information content (AvgIpc) is 3.27. The summed E-state index contributed by atoms with van der Waals surface area (Å²) in [6.07, 6.45) is 7.87. The summed E-state index contributed by atoms with van der Waals surface area (Å²) in [4.78, 5) is 0. The Morgan fingerprint density at radius 1 is 1.20 bits per heavy atom. The lowest BCUT2D eigenvalue weighted by Crippen LogP contribution is -2.25. The highest BCUT2D eigenvalue weighted by molar-refractivity contribution is 9.10. The van der Waals surface area contributed by atoms with E-state index in [2.05, 4.69) is 52.4 Å². The number of benzene rings is 1. The third kappa shape index (κ3) is 5.94. The number of rotatable bonds is 10. The van der Waals surface area contributed by atoms with Crippen LogP contribution in [0, 0.1) is 0 Å². The Morgan fingerprint density at radius 3 is 2.60 bits per heavy atom. The first-order valence-electron chi connectivity index (χ1n) is 7.90. The minimum absolute atomic E-state index is 0.185. The molecule has 3 heteroatoms. The Kier molecular flexibility index (Phi) is 7.05. The molecule has 112 valence electrons. The van der Waals surface area contributed by atoms with Gasteiger partial charge in [0.2, 0.25) is 0 Å². The number of halogens is 1. The van der Waals surface area contributed by atoms with Gasteiger partial charge in [-0.3, -0.25) is 0 Å². The molecule has 0 amide bonds. The predicted octanol–water partition coefficient (Wildman–Crippen LogP) is 4.84. The summed E-state index contributed by atoms with van der Waals surface area (Å²) < 4.78 is 7.24. The van der Waals surface area contributed by atoms with Crippen molar-refractivity contribution in [3.05, 3.63) is 34.3 Å². The van der Waals surface area contributed by atoms with Gasteiger partial charge in [-0.05, 0) is 37.0 Å². The molecular formula is C17H26BrNO. The van der Waals surface area contributed by atoms with Crippen LogP contribution in [0.3, 0.4) is 0 Å². The zero-order valence-corrected chi connectivity index (χ0v) is 14.0. The number of unbranched alkanes of at least 4 members (excludes halogenated alkanes) is 3. The van der Waals surface area contributed by atoms with Crippen LogP contribution in [-0.2, 0) is 4.74 Å². The number of ether oxygens (including phenoxy) is 1. The van der Waals surface area contributed by atoms with E-state index in [0.29, 0.717) is 0 Å². The SMILES string of the molecule is CCCCCCOC(CNC1CC1)c1ccc(Br)cc1. The van der Waals surface area contributed by atoms with Crippen molar-refractivity contribution >= 4 is 15.9 Å². The van der Waals surface area contributed by atoms with Crippen LogP contribution < -0.4 is 5.32 Å². The van der Waals surface area contributed by atoms with Gasteiger partial charge in [0.15, 0.2) is 0 Å². The van der Waals surface area contributed by atoms with Crippen molar-refractivity contribution in [3.8, 4) is 0 Å². The Morgan fingerprint density at radius 2 is 1.95 bits per heavy atom. The van der Waals surface area contributed by atoms with Gasteiger partial charge >= 0.3 is 0 Å². The van der Waals surface area contributed by atoms with Crippen LogP contribution in [0.5, 0.6) is 0 Å². The summed E-state index contributed by atoms with van der Waals surface area (Å²) in [5.41, 5.74) is 1.27. The molecule has 0 aliphatic heterocycles. The Bertz CT molecular complexity index is 375. The van der Waals surface area contributed by atoms with Crippen LogP contribution in [0.1, 0.15) is 57.1 Å². The van der Waals surface area contributed by atoms with E-state index in [0.717, 1.165) is 23.7 Å². The van der Waals surface area contributed by atoms with Gasteiger partial charge in [0.05, 0.1) is 6.10 Å². The van der Waals surface area contributed by atoms with Gasteiger partial charge < -0.3 is 10.1 Å². The van der Waals surface area contributed by atoms with E-state index < -0.39 is 0 Å². The van der Waals surface area contributed by atoms with Gasteiger partial charge in [0.1, 0.15) is 0 Å². The number of hydrogen-bond donors (Lipinski definition) is 1. The number of hydrogen-bond acceptors (Lipinski definition) is 2. The zero-order valence-electron chi connectivity index (χ0n) is 12.4. The van der Waals surface area contributed by atoms with Crippen molar-refractivity contribution in [2.24, 2.45) is 0 Å². The molecule has 0 heterocycles. The van der Waals surface area contributed by atoms with Crippen molar-refractivity contribution in [1.29, 1.82) is 0 Å². The minimum atomic E-state index is 0.185. The van der Waals surface area contributed by atoms with Crippen molar-refractivity contribution < 1.29 is 4.74 Å². The molecule has 2 rings (SSSR count). The second-order valence-corrected chi connectivity index (χ2v) is 6.57. The fourth-order valence-corrected chi connectivity index (χ4v) is 2.53. The van der Waals surface area contributed by atoms with Gasteiger partial charge in [-0.15, -0.1) is 0 Å². The van der Waals surface area contributed by atoms with Gasteiger partial charge in [-0.1, -0.05) is 54.2 Å². The summed E-state index contributed by atoms with van der Waals surface area (Å²) >= 11 is 3.49. The van der Waals surface area contributed by atoms with E-state index in [1.807, 2.05) is 0 Å². The summed E-state index contributed by atoms with van der Waals surface area (Å²) in [6.45, 7) is 4.04. The summed E-state index contributed by atoms with van der Waals surface area (Å²) in [6, 6.07) is 9.25. The molecule has 2 nitrogen and oxygen atoms in total. The lowest BCUT2D eigenvalue weighted by Gasteiger charge is -2.19. The second kappa shape index (κ2) is 8.81. The molecular weight excluding hydrogens is 314 g/mol. The third-order valence-corrected chi connectivity index (χ3v) is 4.26. The predicted molar refractivity (Wildman–Crippen MR) is 88.0 cm³/mol. The van der Waals surface area contributed by atoms with E-state index >= 15 is 0 Å². The molecule has 1 aliphatic rings. The van der Waals surface area contributed by atoms with Crippen LogP contribution in [0.4, 0.5) is 0 Å². The molecule has 1 atom stereocenters. The van der Waals surface area contributed by atoms with Crippen molar-refractivity contribution in [2.45, 2.75) is 57.6 Å². The summed E-state index contributed by atoms with van der Waals surface area (Å²) in [5.74, 6) is 0. The van der Waals surface area contributed by atoms with E-state index in [1.165, 1.54) is 44.1 Å². The van der Waals surface area contributed by atoms with Gasteiger partial charge in [-0.25, -0.2) is 0 Å². The second-order valence-electron chi connectivity index (χ2n) is 5.65. The lowest BCUT2D eigenvalue weighted by molar-refractivity contribution is 0.0496. The molecule has 1 saturated carbocycles. The summed E-state index contributed by atoms with van der Waals surface area (Å²) in [7, 11) is 0. The highest BCUT2D eigenvalue weighted by atomic mass is 79.9. The highest BCUT2D eigenvalue weighted by Crippen LogP contribution is 2.23. The maximum Gasteiger partial charge on any atom is 0.0949 e. The van der Waals surface area contributed by atoms with E-state index in [1.54, 1.807) is 0 Å². The van der Waals surface area contributed by atoms with Gasteiger partial charge in [0.25, 0.3) is 0 Å². The largest absolute Gasteiger partial charge is 0.372 e. The molecule has 0 aromatic heterocycles. The molecule has 1 aromatic rings. The molecule has 1 aromatic carbocycles. The maximum absolute atomic E-state index is 6.11. The molecule has 0 saturated heterocycles. The van der Waals surface area contributed by atoms with Crippen LogP contribution in [0.15, 0.2) is 28.7 Å². The van der Waals surface area contributed by atoms with E-state index in [9.17, 15) is 0 Å². The quantitative estimate of drug-likeness (QED) is 0.616. The molecule has 1 unspecified atom stereocenters. The molecule has 0 spiro atoms. The minimum Gasteiger partial charge on any atom is -0.372 e. The van der Waals surface area contributed by atoms with Gasteiger partial charge in [0, 0.05) is 23.7 Å². The van der Waals surface area contributed by atoms with Crippen molar-refractivity contribution in [3.63, 3.8) is 0 Å². The monoisotopic (exact) mass is 339 g/mol. The Labute approximate surface area is 131 Å². The lowest BCUT2D eigenvalue weighted by atomic mass is 10.1. The standard InChI is InChI=1S/C17H26BrNO/c1-2-3-4-5-12-20-17(13-19-16-10-11-16)14-6-8-15(18)9-7-14/h6-9,16-17,19H,2-5,10-13H2,1H3. The molecule has 0 radical (unpaired) electrons. The number of nitrogens with one attached hydrogen (secondary N) is 1. The molecule has 1 aliphatic carbocycles. The first kappa shape index (κ1) is 16.0. The maximum atomic E-state index is 6.11. The van der Waals surface area contributed by atoms with Crippen LogP contribution in [0.2, 0.25) is 0 Å². The van der Waals surface area contributed by atoms with Crippen molar-refractivity contribution in [2.75, 3.05) is 13.2 Å². The molecule has 0 bridgehead atoms. The Balaban J connectivity index is 1.80. The average molecular weight is 340 g/mol. The van der Waals surface area contributed by atoms with Crippen LogP contribution in [-0.4, -0.2) is 19.2 Å². The highest BCUT2D eigenvalue weighted by Gasteiger charge is 2.22. The Hall–Kier alpha value is -0.380.